The van der Waals surface area contributed by atoms with Crippen LogP contribution in [0.5, 0.6) is 5.75 Å². The van der Waals surface area contributed by atoms with Gasteiger partial charge in [-0.15, -0.1) is 0 Å². The highest BCUT2D eigenvalue weighted by molar-refractivity contribution is 5.91. The third-order valence-electron chi connectivity index (χ3n) is 4.12. The SMILES string of the molecule is CCCC(c1ccc(O)c(C(=O)O)c1)c1c(C)cccc1C. The molecule has 1 atom stereocenters. The minimum Gasteiger partial charge on any atom is -0.507 e. The molecule has 1 unspecified atom stereocenters. The molecule has 22 heavy (non-hydrogen) atoms. The summed E-state index contributed by atoms with van der Waals surface area (Å²) in [5.74, 6) is -1.14. The lowest BCUT2D eigenvalue weighted by molar-refractivity contribution is 0.0693. The van der Waals surface area contributed by atoms with E-state index in [0.29, 0.717) is 0 Å². The minimum atomic E-state index is -1.10. The van der Waals surface area contributed by atoms with E-state index in [1.165, 1.54) is 22.8 Å². The second-order valence-corrected chi connectivity index (χ2v) is 5.73. The molecule has 0 spiro atoms. The summed E-state index contributed by atoms with van der Waals surface area (Å²) in [6.45, 7) is 6.30. The maximum absolute atomic E-state index is 11.3. The topological polar surface area (TPSA) is 57.5 Å². The van der Waals surface area contributed by atoms with Gasteiger partial charge >= 0.3 is 5.97 Å². The molecule has 0 aliphatic carbocycles. The van der Waals surface area contributed by atoms with Crippen molar-refractivity contribution in [1.29, 1.82) is 0 Å². The fourth-order valence-corrected chi connectivity index (χ4v) is 3.09. The third kappa shape index (κ3) is 3.14. The third-order valence-corrected chi connectivity index (χ3v) is 4.12. The van der Waals surface area contributed by atoms with Crippen LogP contribution in [0, 0.1) is 13.8 Å². The predicted molar refractivity (Wildman–Crippen MR) is 87.7 cm³/mol. The highest BCUT2D eigenvalue weighted by Crippen LogP contribution is 2.35. The van der Waals surface area contributed by atoms with Gasteiger partial charge in [0.15, 0.2) is 0 Å². The summed E-state index contributed by atoms with van der Waals surface area (Å²) in [5.41, 5.74) is 4.58. The van der Waals surface area contributed by atoms with E-state index in [4.69, 9.17) is 0 Å². The van der Waals surface area contributed by atoms with E-state index in [9.17, 15) is 15.0 Å². The van der Waals surface area contributed by atoms with Gasteiger partial charge in [-0.3, -0.25) is 0 Å². The van der Waals surface area contributed by atoms with E-state index >= 15 is 0 Å². The molecule has 3 heteroatoms. The molecule has 0 aliphatic rings. The van der Waals surface area contributed by atoms with E-state index in [1.54, 1.807) is 6.07 Å². The lowest BCUT2D eigenvalue weighted by Gasteiger charge is -2.22. The van der Waals surface area contributed by atoms with Gasteiger partial charge in [0.05, 0.1) is 0 Å². The Hall–Kier alpha value is -2.29. The van der Waals surface area contributed by atoms with Gasteiger partial charge in [-0.2, -0.15) is 0 Å². The van der Waals surface area contributed by atoms with E-state index in [-0.39, 0.29) is 17.2 Å². The number of carboxylic acids is 1. The number of hydrogen-bond acceptors (Lipinski definition) is 2. The molecule has 0 fully saturated rings. The van der Waals surface area contributed by atoms with Crippen LogP contribution in [0.3, 0.4) is 0 Å². The van der Waals surface area contributed by atoms with Crippen molar-refractivity contribution in [3.63, 3.8) is 0 Å². The highest BCUT2D eigenvalue weighted by Gasteiger charge is 2.20. The molecule has 0 heterocycles. The molecule has 0 bridgehead atoms. The molecule has 0 saturated heterocycles. The Morgan fingerprint density at radius 1 is 1.14 bits per heavy atom. The molecule has 2 aromatic carbocycles. The summed E-state index contributed by atoms with van der Waals surface area (Å²) in [4.78, 5) is 11.3. The molecule has 0 aliphatic heterocycles. The van der Waals surface area contributed by atoms with Crippen molar-refractivity contribution >= 4 is 5.97 Å². The maximum atomic E-state index is 11.3. The number of benzene rings is 2. The molecule has 2 N–H and O–H groups in total. The Kier molecular flexibility index (Phi) is 4.86. The van der Waals surface area contributed by atoms with Crippen LogP contribution in [0.1, 0.15) is 58.3 Å². The van der Waals surface area contributed by atoms with E-state index < -0.39 is 5.97 Å². The van der Waals surface area contributed by atoms with Crippen LogP contribution < -0.4 is 0 Å². The molecular weight excluding hydrogens is 276 g/mol. The van der Waals surface area contributed by atoms with Gasteiger partial charge < -0.3 is 10.2 Å². The van der Waals surface area contributed by atoms with Gasteiger partial charge in [0.25, 0.3) is 0 Å². The van der Waals surface area contributed by atoms with Crippen molar-refractivity contribution in [1.82, 2.24) is 0 Å². The van der Waals surface area contributed by atoms with Gasteiger partial charge in [0.1, 0.15) is 11.3 Å². The van der Waals surface area contributed by atoms with Crippen LogP contribution in [0.15, 0.2) is 36.4 Å². The number of carboxylic acid groups (broad SMARTS) is 1. The zero-order valence-corrected chi connectivity index (χ0v) is 13.3. The van der Waals surface area contributed by atoms with Crippen molar-refractivity contribution in [2.24, 2.45) is 0 Å². The second-order valence-electron chi connectivity index (χ2n) is 5.73. The number of carbonyl (C=O) groups is 1. The van der Waals surface area contributed by atoms with E-state index in [0.717, 1.165) is 18.4 Å². The molecule has 0 amide bonds. The van der Waals surface area contributed by atoms with Gasteiger partial charge in [0, 0.05) is 5.92 Å². The van der Waals surface area contributed by atoms with Crippen LogP contribution >= 0.6 is 0 Å². The molecule has 3 nitrogen and oxygen atoms in total. The van der Waals surface area contributed by atoms with Crippen molar-refractivity contribution in [3.05, 3.63) is 64.2 Å². The molecule has 116 valence electrons. The highest BCUT2D eigenvalue weighted by atomic mass is 16.4. The van der Waals surface area contributed by atoms with Crippen molar-refractivity contribution in [3.8, 4) is 5.75 Å². The largest absolute Gasteiger partial charge is 0.507 e. The average molecular weight is 298 g/mol. The number of aromatic carboxylic acids is 1. The van der Waals surface area contributed by atoms with Crippen molar-refractivity contribution in [2.45, 2.75) is 39.5 Å². The summed E-state index contributed by atoms with van der Waals surface area (Å²) in [7, 11) is 0. The molecule has 0 saturated carbocycles. The zero-order chi connectivity index (χ0) is 16.3. The Morgan fingerprint density at radius 3 is 2.32 bits per heavy atom. The molecule has 2 aromatic rings. The summed E-state index contributed by atoms with van der Waals surface area (Å²) in [6, 6.07) is 11.1. The van der Waals surface area contributed by atoms with E-state index in [2.05, 4.69) is 32.9 Å². The second kappa shape index (κ2) is 6.65. The van der Waals surface area contributed by atoms with Crippen LogP contribution in [0.25, 0.3) is 0 Å². The average Bonchev–Trinajstić information content (AvgIpc) is 2.46. The smallest absolute Gasteiger partial charge is 0.339 e. The van der Waals surface area contributed by atoms with Gasteiger partial charge in [0.2, 0.25) is 0 Å². The van der Waals surface area contributed by atoms with Crippen molar-refractivity contribution < 1.29 is 15.0 Å². The first kappa shape index (κ1) is 16.1. The van der Waals surface area contributed by atoms with Gasteiger partial charge in [-0.1, -0.05) is 37.6 Å². The lowest BCUT2D eigenvalue weighted by atomic mass is 9.82. The fraction of sp³-hybridized carbons (Fsp3) is 0.316. The van der Waals surface area contributed by atoms with E-state index in [1.807, 2.05) is 12.1 Å². The first-order valence-corrected chi connectivity index (χ1v) is 7.58. The molecule has 2 rings (SSSR count). The number of hydrogen-bond donors (Lipinski definition) is 2. The monoisotopic (exact) mass is 298 g/mol. The number of aryl methyl sites for hydroxylation is 2. The van der Waals surface area contributed by atoms with Crippen LogP contribution in [-0.4, -0.2) is 16.2 Å². The molecule has 0 radical (unpaired) electrons. The molecular formula is C19H22O3. The van der Waals surface area contributed by atoms with Gasteiger partial charge in [-0.05, 0) is 54.7 Å². The van der Waals surface area contributed by atoms with Crippen LogP contribution in [-0.2, 0) is 0 Å². The summed E-state index contributed by atoms with van der Waals surface area (Å²) < 4.78 is 0. The Labute approximate surface area is 131 Å². The van der Waals surface area contributed by atoms with Crippen molar-refractivity contribution in [2.75, 3.05) is 0 Å². The maximum Gasteiger partial charge on any atom is 0.339 e. The number of phenols is 1. The Morgan fingerprint density at radius 2 is 1.77 bits per heavy atom. The molecule has 0 aromatic heterocycles. The normalized spacial score (nSPS) is 12.1. The first-order chi connectivity index (χ1) is 10.5. The predicted octanol–water partition coefficient (Wildman–Crippen LogP) is 4.64. The summed E-state index contributed by atoms with van der Waals surface area (Å²) >= 11 is 0. The quantitative estimate of drug-likeness (QED) is 0.845. The standard InChI is InChI=1S/C19H22O3/c1-4-6-15(18-12(2)7-5-8-13(18)3)14-9-10-17(20)16(11-14)19(21)22/h5,7-11,15,20H,4,6H2,1-3H3,(H,21,22). The zero-order valence-electron chi connectivity index (χ0n) is 13.3. The fourth-order valence-electron chi connectivity index (χ4n) is 3.09. The number of aromatic hydroxyl groups is 1. The Bertz CT molecular complexity index is 669. The summed E-state index contributed by atoms with van der Waals surface area (Å²) in [5, 5.41) is 18.9. The lowest BCUT2D eigenvalue weighted by Crippen LogP contribution is -2.07. The van der Waals surface area contributed by atoms with Crippen LogP contribution in [0.4, 0.5) is 0 Å². The summed E-state index contributed by atoms with van der Waals surface area (Å²) in [6.07, 6.45) is 1.94. The van der Waals surface area contributed by atoms with Crippen LogP contribution in [0.2, 0.25) is 0 Å². The van der Waals surface area contributed by atoms with Gasteiger partial charge in [-0.25, -0.2) is 4.79 Å². The number of rotatable bonds is 5. The first-order valence-electron chi connectivity index (χ1n) is 7.58. The Balaban J connectivity index is 2.58. The minimum absolute atomic E-state index is 0.0372.